The predicted molar refractivity (Wildman–Crippen MR) is 485 cm³/mol. The van der Waals surface area contributed by atoms with E-state index in [9.17, 15) is 18.3 Å². The number of benzene rings is 6. The fraction of sp³-hybridized carbons (Fsp3) is 0.484. The smallest absolute Gasteiger partial charge is 0.411 e. The minimum absolute atomic E-state index is 0.00424. The Hall–Kier alpha value is -8.73. The van der Waals surface area contributed by atoms with Crippen LogP contribution in [-0.2, 0) is 55.5 Å². The first-order valence-corrected chi connectivity index (χ1v) is 42.9. The molecule has 1 aromatic heterocycles. The van der Waals surface area contributed by atoms with Gasteiger partial charge in [-0.3, -0.25) is 0 Å². The van der Waals surface area contributed by atoms with Crippen LogP contribution >= 0.6 is 0 Å². The molecule has 0 amide bonds. The Morgan fingerprint density at radius 2 is 1.15 bits per heavy atom. The van der Waals surface area contributed by atoms with E-state index in [4.69, 9.17) is 117 Å². The van der Waals surface area contributed by atoms with Gasteiger partial charge in [-0.15, -0.1) is 18.4 Å². The number of methoxy groups -OCH3 is 3. The summed E-state index contributed by atoms with van der Waals surface area (Å²) in [5.74, 6) is 10.7. The van der Waals surface area contributed by atoms with Gasteiger partial charge in [0.25, 0.3) is 0 Å². The van der Waals surface area contributed by atoms with Crippen LogP contribution in [0.1, 0.15) is 119 Å². The van der Waals surface area contributed by atoms with Crippen molar-refractivity contribution in [1.82, 2.24) is 5.32 Å². The fourth-order valence-corrected chi connectivity index (χ4v) is 8.90. The van der Waals surface area contributed by atoms with E-state index in [2.05, 4.69) is 96.4 Å². The van der Waals surface area contributed by atoms with E-state index in [0.29, 0.717) is 49.5 Å². The van der Waals surface area contributed by atoms with Crippen LogP contribution in [0, 0.1) is 47.5 Å². The lowest BCUT2D eigenvalue weighted by Crippen LogP contribution is -2.16. The van der Waals surface area contributed by atoms with Crippen molar-refractivity contribution in [2.75, 3.05) is 133 Å². The number of rotatable bonds is 22. The Bertz CT molecular complexity index is 3550. The molecular weight excluding hydrogens is 1600 g/mol. The molecule has 0 spiro atoms. The summed E-state index contributed by atoms with van der Waals surface area (Å²) in [6.45, 7) is 24.4. The molecule has 9 rings (SSSR count). The van der Waals surface area contributed by atoms with Gasteiger partial charge in [-0.1, -0.05) is 156 Å². The maximum Gasteiger partial charge on any atom is 0.411 e. The lowest BCUT2D eigenvalue weighted by molar-refractivity contribution is -0.159. The average molecular weight is 1750 g/mol. The van der Waals surface area contributed by atoms with Crippen LogP contribution < -0.4 is 30.2 Å². The zero-order valence-electron chi connectivity index (χ0n) is 74.8. The first-order valence-electron chi connectivity index (χ1n) is 39.4. The molecule has 0 bridgehead atoms. The molecule has 0 radical (unpaired) electrons. The number of hydrogen-bond donors (Lipinski definition) is 18. The van der Waals surface area contributed by atoms with E-state index in [1.807, 2.05) is 140 Å². The summed E-state index contributed by atoms with van der Waals surface area (Å²) in [6.07, 6.45) is 14.2. The van der Waals surface area contributed by atoms with Crippen molar-refractivity contribution < 1.29 is 123 Å². The molecule has 2 fully saturated rings. The molecule has 6 aromatic carbocycles. The van der Waals surface area contributed by atoms with Gasteiger partial charge in [0.2, 0.25) is 0 Å². The second-order valence-electron chi connectivity index (χ2n) is 26.9. The number of hydrogen-bond acceptors (Lipinski definition) is 25. The number of aromatic hydroxyl groups is 1. The monoisotopic (exact) mass is 1740 g/mol. The minimum atomic E-state index is -4.40. The third kappa shape index (κ3) is 79.7. The molecule has 2 aliphatic rings. The number of halogens is 3. The van der Waals surface area contributed by atoms with Gasteiger partial charge < -0.3 is 126 Å². The van der Waals surface area contributed by atoms with Crippen molar-refractivity contribution in [3.05, 3.63) is 220 Å². The van der Waals surface area contributed by atoms with Crippen molar-refractivity contribution in [3.63, 3.8) is 0 Å². The second-order valence-corrected chi connectivity index (χ2v) is 31.6. The number of aliphatic hydroxyl groups excluding tert-OH is 15. The topological polar surface area (TPSA) is 424 Å². The number of phenols is 1. The van der Waals surface area contributed by atoms with Gasteiger partial charge in [0.05, 0.1) is 99.3 Å². The van der Waals surface area contributed by atoms with E-state index in [0.717, 1.165) is 109 Å². The highest BCUT2D eigenvalue weighted by atomic mass is 28.3. The Kier molecular flexibility index (Phi) is 90.3. The number of phenolic OH excluding ortho intramolecular Hbond substituents is 1. The number of ether oxygens (including phenoxy) is 5. The van der Waals surface area contributed by atoms with Gasteiger partial charge in [0, 0.05) is 75.7 Å². The molecule has 19 N–H and O–H groups in total. The molecule has 3 atom stereocenters. The van der Waals surface area contributed by atoms with Crippen LogP contribution in [0.2, 0.25) is 19.6 Å². The van der Waals surface area contributed by atoms with Crippen LogP contribution in [0.5, 0.6) is 23.0 Å². The van der Waals surface area contributed by atoms with E-state index in [1.54, 1.807) is 70.7 Å². The van der Waals surface area contributed by atoms with Crippen LogP contribution in [0.15, 0.2) is 180 Å². The summed E-state index contributed by atoms with van der Waals surface area (Å²) in [7, 11) is 8.54. The number of unbranched alkanes of at least 4 members (excludes halogenated alkanes) is 1. The van der Waals surface area contributed by atoms with E-state index in [1.165, 1.54) is 17.4 Å². The Morgan fingerprint density at radius 3 is 1.47 bits per heavy atom. The Balaban J connectivity index is -0.000000234. The first-order chi connectivity index (χ1) is 58.1. The molecule has 1 aliphatic carbocycles. The van der Waals surface area contributed by atoms with Gasteiger partial charge >= 0.3 is 6.18 Å². The first kappa shape index (κ1) is 126. The van der Waals surface area contributed by atoms with Gasteiger partial charge in [0.15, 0.2) is 0 Å². The number of furan rings is 1. The van der Waals surface area contributed by atoms with E-state index in [-0.39, 0.29) is 90.3 Å². The highest BCUT2D eigenvalue weighted by molar-refractivity contribution is 6.83. The third-order valence-corrected chi connectivity index (χ3v) is 15.9. The molecule has 1 saturated heterocycles. The number of nitrogens with two attached hydrogens (primary N) is 1. The molecular formula is C93H148F3N3O22Si. The number of terminal acetylenes is 2. The van der Waals surface area contributed by atoms with Crippen LogP contribution in [0.3, 0.4) is 0 Å². The molecule has 7 aromatic rings. The number of anilines is 1. The summed E-state index contributed by atoms with van der Waals surface area (Å²) in [4.78, 5) is 2.01. The standard InChI is InChI=1S/C9H13NO.C9H12O3.C9H16O.C9H8O.C8H10O2.C8H10O.C7H8O.C6H15NO.C6H12OSi.C5H10O2.C5H6O2.C4H11NO2.C3H4O.C2H3F3O.C2H6O.CH4O/c1-10(2)9-5-3-4-8(6-9)7-11;1-11-8-3-4-9(12-2)7(5-8)6-10;1-6(2)5-7-8(10)9(7,3)4;1-2-8-3-5-9(7-10)6-4-8;1-10-8-4-2-7(6-9)3-5-8;1-2-7-3-5-8(9)6-4-7;8-6-7-4-2-1-3-5-7;1-2-7-5-3-4-6-8;1-8(2,3)6-4-5-7;2*6-4-5-2-1-3-7-5;5-1-3-7-4-2-6;1-2-3-4;3-2(4,5)1-6;1-2-3;1-2/h3-6,11H,7H2,1-2H3;3-5,10H,6H2,1-2H3;5,7-8,10H,1-4H3;1,3-6,10H,7H2;2-5,9H,6H2,1H3;3-6,9H,2H2,1H3;1-5,8H,6H2;7-8H,2-6H2,1H3;7H,5H2,1-3H3;5-6H,1-4H2;1-3,6H,4H2;6H,1-5H2;1,4H,3H2;6H,1H2;3H,2H2,1H3;2H,1H3. The Morgan fingerprint density at radius 1 is 0.639 bits per heavy atom. The number of aryl methyl sites for hydroxylation is 1. The summed E-state index contributed by atoms with van der Waals surface area (Å²) in [5.41, 5.74) is 17.2. The third-order valence-electron chi connectivity index (χ3n) is 14.9. The van der Waals surface area contributed by atoms with Crippen molar-refractivity contribution in [2.24, 2.45) is 17.1 Å². The maximum atomic E-state index is 10.5. The van der Waals surface area contributed by atoms with Gasteiger partial charge in [-0.05, 0) is 173 Å². The highest BCUT2D eigenvalue weighted by Crippen LogP contribution is 2.53. The number of nitrogens with one attached hydrogen (secondary N) is 1. The van der Waals surface area contributed by atoms with Crippen molar-refractivity contribution in [2.45, 2.75) is 158 Å². The molecule has 692 valence electrons. The fourth-order valence-electron chi connectivity index (χ4n) is 8.29. The lowest BCUT2D eigenvalue weighted by Gasteiger charge is -2.12. The van der Waals surface area contributed by atoms with Crippen molar-refractivity contribution in [1.29, 1.82) is 0 Å². The lowest BCUT2D eigenvalue weighted by atomic mass is 10.1. The molecule has 1 saturated carbocycles. The van der Waals surface area contributed by atoms with Crippen molar-refractivity contribution in [3.8, 4) is 59.1 Å². The zero-order valence-corrected chi connectivity index (χ0v) is 75.8. The summed E-state index contributed by atoms with van der Waals surface area (Å²) >= 11 is 0. The Labute approximate surface area is 726 Å². The van der Waals surface area contributed by atoms with Crippen LogP contribution in [0.25, 0.3) is 0 Å². The molecule has 122 heavy (non-hydrogen) atoms. The molecule has 25 nitrogen and oxygen atoms in total. The number of allylic oxidation sites excluding steroid dienone is 1. The largest absolute Gasteiger partial charge is 0.508 e. The van der Waals surface area contributed by atoms with Crippen LogP contribution in [-0.4, -0.2) is 236 Å². The van der Waals surface area contributed by atoms with Gasteiger partial charge in [-0.2, -0.15) is 13.2 Å². The predicted octanol–water partition coefficient (Wildman–Crippen LogP) is 10.8. The van der Waals surface area contributed by atoms with Gasteiger partial charge in [-0.25, -0.2) is 0 Å². The molecule has 1 aliphatic heterocycles. The number of alkyl halides is 3. The zero-order chi connectivity index (χ0) is 94.4. The summed E-state index contributed by atoms with van der Waals surface area (Å²) in [6, 6.07) is 48.0. The average Bonchev–Trinajstić information content (AvgIpc) is 1.59. The number of nitrogens with zero attached hydrogens (tertiary/aromatic N) is 1. The SMILES string of the molecule is C#CCO.C#Cc1ccc(CO)cc1.CC(C)=CC1C(O)C1(C)C.CCNCCCCO.CCO.CCc1ccc(O)cc1.CN(C)c1cccc(CO)c1.CO.COc1ccc(CO)cc1.COc1ccc(OC)c(CO)c1.C[Si](C)(C)C#CCO.NCCOCCO.OCC(F)(F)F.OCC1CCCO1.OCc1ccccc1.OCc1ccco1. The quantitative estimate of drug-likeness (QED) is 0.0130. The van der Waals surface area contributed by atoms with E-state index < -0.39 is 20.9 Å². The highest BCUT2D eigenvalue weighted by Gasteiger charge is 2.55. The summed E-state index contributed by atoms with van der Waals surface area (Å²) in [5, 5.41) is 136. The minimum Gasteiger partial charge on any atom is -0.508 e. The van der Waals surface area contributed by atoms with E-state index >= 15 is 0 Å². The normalized spacial score (nSPS) is 12.6. The number of aliphatic hydroxyl groups is 15. The van der Waals surface area contributed by atoms with Gasteiger partial charge in [0.1, 0.15) is 63.3 Å². The second kappa shape index (κ2) is 87.2. The molecule has 29 heteroatoms. The molecule has 3 unspecified atom stereocenters. The molecule has 2 heterocycles. The summed E-state index contributed by atoms with van der Waals surface area (Å²) < 4.78 is 61.1. The van der Waals surface area contributed by atoms with Crippen molar-refractivity contribution >= 4 is 13.8 Å². The van der Waals surface area contributed by atoms with Crippen LogP contribution in [0.4, 0.5) is 18.9 Å². The maximum absolute atomic E-state index is 10.5.